The van der Waals surface area contributed by atoms with Crippen molar-refractivity contribution in [2.45, 2.75) is 31.7 Å². The first-order chi connectivity index (χ1) is 8.83. The number of hydrogen-bond acceptors (Lipinski definition) is 4. The molecular weight excluding hydrogens is 266 g/mol. The van der Waals surface area contributed by atoms with Gasteiger partial charge in [-0.05, 0) is 26.8 Å². The summed E-state index contributed by atoms with van der Waals surface area (Å²) in [5, 5.41) is 10.7. The van der Waals surface area contributed by atoms with Crippen LogP contribution in [0.1, 0.15) is 30.0 Å². The Morgan fingerprint density at radius 1 is 1.42 bits per heavy atom. The highest BCUT2D eigenvalue weighted by molar-refractivity contribution is 7.89. The number of hydrogen-bond donors (Lipinski definition) is 2. The molecule has 8 heteroatoms. The molecule has 0 aliphatic carbocycles. The number of nitrogens with one attached hydrogen (secondary N) is 2. The van der Waals surface area contributed by atoms with Crippen LogP contribution in [0.4, 0.5) is 0 Å². The molecule has 7 nitrogen and oxygen atoms in total. The van der Waals surface area contributed by atoms with Gasteiger partial charge in [0.15, 0.2) is 0 Å². The molecule has 0 aromatic carbocycles. The van der Waals surface area contributed by atoms with Gasteiger partial charge in [0, 0.05) is 13.2 Å². The van der Waals surface area contributed by atoms with Crippen molar-refractivity contribution in [2.75, 3.05) is 0 Å². The lowest BCUT2D eigenvalue weighted by molar-refractivity contribution is 0.562. The molecule has 0 radical (unpaired) electrons. The van der Waals surface area contributed by atoms with Crippen LogP contribution in [0.25, 0.3) is 0 Å². The van der Waals surface area contributed by atoms with Gasteiger partial charge in [-0.2, -0.15) is 10.2 Å². The first-order valence-corrected chi connectivity index (χ1v) is 7.33. The topological polar surface area (TPSA) is 92.7 Å². The minimum Gasteiger partial charge on any atom is -0.281 e. The Bertz CT molecular complexity index is 672. The van der Waals surface area contributed by atoms with Crippen molar-refractivity contribution in [1.29, 1.82) is 0 Å². The van der Waals surface area contributed by atoms with Gasteiger partial charge >= 0.3 is 0 Å². The Hall–Kier alpha value is -1.67. The van der Waals surface area contributed by atoms with Crippen molar-refractivity contribution in [1.82, 2.24) is 24.7 Å². The zero-order valence-electron chi connectivity index (χ0n) is 11.3. The van der Waals surface area contributed by atoms with Crippen LogP contribution < -0.4 is 4.72 Å². The van der Waals surface area contributed by atoms with Crippen LogP contribution in [0.2, 0.25) is 0 Å². The molecule has 2 heterocycles. The molecule has 0 unspecified atom stereocenters. The van der Waals surface area contributed by atoms with Gasteiger partial charge in [-0.15, -0.1) is 0 Å². The van der Waals surface area contributed by atoms with E-state index in [1.54, 1.807) is 44.8 Å². The number of aromatic nitrogens is 4. The summed E-state index contributed by atoms with van der Waals surface area (Å²) in [7, 11) is -1.89. The van der Waals surface area contributed by atoms with Crippen LogP contribution >= 0.6 is 0 Å². The molecule has 1 atom stereocenters. The molecule has 0 bridgehead atoms. The van der Waals surface area contributed by atoms with E-state index in [2.05, 4.69) is 20.0 Å². The van der Waals surface area contributed by atoms with Crippen molar-refractivity contribution in [3.05, 3.63) is 29.3 Å². The van der Waals surface area contributed by atoms with Crippen LogP contribution in [0.5, 0.6) is 0 Å². The summed E-state index contributed by atoms with van der Waals surface area (Å²) in [5.41, 5.74) is 1.81. The van der Waals surface area contributed by atoms with E-state index >= 15 is 0 Å². The molecule has 0 aliphatic rings. The largest absolute Gasteiger partial charge is 0.281 e. The van der Waals surface area contributed by atoms with Gasteiger partial charge in [-0.25, -0.2) is 13.1 Å². The summed E-state index contributed by atoms with van der Waals surface area (Å²) >= 11 is 0. The zero-order chi connectivity index (χ0) is 14.2. The van der Waals surface area contributed by atoms with Crippen LogP contribution in [-0.4, -0.2) is 28.4 Å². The lowest BCUT2D eigenvalue weighted by Gasteiger charge is -2.12. The number of sulfonamides is 1. The average molecular weight is 283 g/mol. The van der Waals surface area contributed by atoms with Crippen LogP contribution in [0.3, 0.4) is 0 Å². The molecule has 0 spiro atoms. The van der Waals surface area contributed by atoms with Gasteiger partial charge in [0.25, 0.3) is 0 Å². The van der Waals surface area contributed by atoms with Crippen LogP contribution in [0, 0.1) is 13.8 Å². The van der Waals surface area contributed by atoms with E-state index in [4.69, 9.17) is 0 Å². The maximum atomic E-state index is 12.4. The predicted molar refractivity (Wildman–Crippen MR) is 70.0 cm³/mol. The smallest absolute Gasteiger partial charge is 0.244 e. The summed E-state index contributed by atoms with van der Waals surface area (Å²) in [6, 6.07) is 1.35. The van der Waals surface area contributed by atoms with E-state index in [0.29, 0.717) is 17.1 Å². The highest BCUT2D eigenvalue weighted by Gasteiger charge is 2.26. The van der Waals surface area contributed by atoms with E-state index in [1.807, 2.05) is 0 Å². The second kappa shape index (κ2) is 4.78. The standard InChI is InChI=1S/C11H17N5O2S/c1-7(10-5-6-12-13-10)15-19(17,18)11-8(2)14-16(4)9(11)3/h5-7,15H,1-4H3,(H,12,13)/t7-/m0/s1. The van der Waals surface area contributed by atoms with Gasteiger partial charge in [0.2, 0.25) is 10.0 Å². The molecule has 19 heavy (non-hydrogen) atoms. The van der Waals surface area contributed by atoms with Crippen LogP contribution in [-0.2, 0) is 17.1 Å². The highest BCUT2D eigenvalue weighted by atomic mass is 32.2. The van der Waals surface area contributed by atoms with Gasteiger partial charge in [0.05, 0.1) is 23.1 Å². The summed E-state index contributed by atoms with van der Waals surface area (Å²) in [6.07, 6.45) is 1.58. The quantitative estimate of drug-likeness (QED) is 0.868. The zero-order valence-corrected chi connectivity index (χ0v) is 12.1. The second-order valence-electron chi connectivity index (χ2n) is 4.48. The normalized spacial score (nSPS) is 13.7. The Labute approximate surface area is 112 Å². The summed E-state index contributed by atoms with van der Waals surface area (Å²) in [6.45, 7) is 5.17. The Morgan fingerprint density at radius 3 is 2.58 bits per heavy atom. The number of H-pyrrole nitrogens is 1. The molecule has 104 valence electrons. The van der Waals surface area contributed by atoms with Gasteiger partial charge in [0.1, 0.15) is 4.90 Å². The van der Waals surface area contributed by atoms with Crippen LogP contribution in [0.15, 0.2) is 17.2 Å². The summed E-state index contributed by atoms with van der Waals surface area (Å²) in [4.78, 5) is 0.237. The molecule has 0 amide bonds. The number of aryl methyl sites for hydroxylation is 2. The maximum Gasteiger partial charge on any atom is 0.244 e. The van der Waals surface area contributed by atoms with Crippen molar-refractivity contribution < 1.29 is 8.42 Å². The number of rotatable bonds is 4. The van der Waals surface area contributed by atoms with Crippen molar-refractivity contribution in [3.63, 3.8) is 0 Å². The predicted octanol–water partition coefficient (Wildman–Crippen LogP) is 0.800. The van der Waals surface area contributed by atoms with Crippen molar-refractivity contribution in [3.8, 4) is 0 Å². The number of aromatic amines is 1. The molecule has 0 fully saturated rings. The maximum absolute atomic E-state index is 12.4. The third-order valence-electron chi connectivity index (χ3n) is 3.03. The molecular formula is C11H17N5O2S. The SMILES string of the molecule is Cc1nn(C)c(C)c1S(=O)(=O)N[C@@H](C)c1ccn[nH]1. The fourth-order valence-electron chi connectivity index (χ4n) is 2.01. The molecule has 0 saturated carbocycles. The summed E-state index contributed by atoms with van der Waals surface area (Å²) < 4.78 is 29.0. The van der Waals surface area contributed by atoms with Gasteiger partial charge in [-0.3, -0.25) is 9.78 Å². The monoisotopic (exact) mass is 283 g/mol. The minimum atomic E-state index is -3.61. The summed E-state index contributed by atoms with van der Waals surface area (Å²) in [5.74, 6) is 0. The molecule has 2 N–H and O–H groups in total. The first kappa shape index (κ1) is 13.8. The second-order valence-corrected chi connectivity index (χ2v) is 6.13. The lowest BCUT2D eigenvalue weighted by Crippen LogP contribution is -2.28. The fourth-order valence-corrected chi connectivity index (χ4v) is 3.67. The fraction of sp³-hybridized carbons (Fsp3) is 0.455. The van der Waals surface area contributed by atoms with Crippen molar-refractivity contribution >= 4 is 10.0 Å². The average Bonchev–Trinajstić information content (AvgIpc) is 2.87. The van der Waals surface area contributed by atoms with E-state index < -0.39 is 10.0 Å². The molecule has 2 aromatic heterocycles. The van der Waals surface area contributed by atoms with E-state index in [1.165, 1.54) is 0 Å². The Morgan fingerprint density at radius 2 is 2.11 bits per heavy atom. The Kier molecular flexibility index (Phi) is 3.46. The Balaban J connectivity index is 2.33. The van der Waals surface area contributed by atoms with E-state index in [9.17, 15) is 8.42 Å². The first-order valence-electron chi connectivity index (χ1n) is 5.84. The molecule has 0 saturated heterocycles. The lowest BCUT2D eigenvalue weighted by atomic mass is 10.3. The number of nitrogens with zero attached hydrogens (tertiary/aromatic N) is 3. The van der Waals surface area contributed by atoms with Gasteiger partial charge < -0.3 is 0 Å². The molecule has 2 rings (SSSR count). The van der Waals surface area contributed by atoms with E-state index in [0.717, 1.165) is 0 Å². The van der Waals surface area contributed by atoms with Crippen molar-refractivity contribution in [2.24, 2.45) is 7.05 Å². The molecule has 2 aromatic rings. The van der Waals surface area contributed by atoms with Gasteiger partial charge in [-0.1, -0.05) is 0 Å². The highest BCUT2D eigenvalue weighted by Crippen LogP contribution is 2.21. The third-order valence-corrected chi connectivity index (χ3v) is 4.82. The van der Waals surface area contributed by atoms with E-state index in [-0.39, 0.29) is 10.9 Å². The third kappa shape index (κ3) is 2.54. The minimum absolute atomic E-state index is 0.237. The molecule has 0 aliphatic heterocycles.